The van der Waals surface area contributed by atoms with E-state index in [1.807, 2.05) is 36.1 Å². The van der Waals surface area contributed by atoms with E-state index in [4.69, 9.17) is 4.74 Å². The number of alkyl halides is 1. The van der Waals surface area contributed by atoms with E-state index in [0.717, 1.165) is 17.9 Å². The quantitative estimate of drug-likeness (QED) is 0.799. The highest BCUT2D eigenvalue weighted by Crippen LogP contribution is 2.29. The molecule has 3 nitrogen and oxygen atoms in total. The number of ether oxygens (including phenoxy) is 1. The Balaban J connectivity index is 2.08. The summed E-state index contributed by atoms with van der Waals surface area (Å²) >= 11 is 3.51. The largest absolute Gasteiger partial charge is 0.494 e. The molecule has 1 saturated heterocycles. The zero-order valence-electron chi connectivity index (χ0n) is 10.7. The van der Waals surface area contributed by atoms with Crippen LogP contribution in [0.25, 0.3) is 0 Å². The topological polar surface area (TPSA) is 29.5 Å². The predicted octanol–water partition coefficient (Wildman–Crippen LogP) is 3.14. The molecule has 4 heteroatoms. The second-order valence-electron chi connectivity index (χ2n) is 4.53. The van der Waals surface area contributed by atoms with Gasteiger partial charge in [-0.2, -0.15) is 0 Å². The van der Waals surface area contributed by atoms with Crippen LogP contribution in [-0.4, -0.2) is 28.8 Å². The third-order valence-corrected chi connectivity index (χ3v) is 3.87. The Morgan fingerprint density at radius 3 is 2.61 bits per heavy atom. The van der Waals surface area contributed by atoms with E-state index in [1.165, 1.54) is 0 Å². The first-order valence-corrected chi connectivity index (χ1v) is 7.19. The third-order valence-electron chi connectivity index (χ3n) is 3.25. The van der Waals surface area contributed by atoms with E-state index in [-0.39, 0.29) is 16.8 Å². The molecule has 0 saturated carbocycles. The lowest BCUT2D eigenvalue weighted by Crippen LogP contribution is -2.28. The molecule has 1 aliphatic heterocycles. The SMILES string of the molecule is CCOc1ccc(C(C)N2CC(Br)CC2=O)cc1. The first kappa shape index (κ1) is 13.4. The van der Waals surface area contributed by atoms with Crippen LogP contribution in [0.5, 0.6) is 5.75 Å². The van der Waals surface area contributed by atoms with Gasteiger partial charge in [0, 0.05) is 17.8 Å². The molecular formula is C14H18BrNO2. The van der Waals surface area contributed by atoms with Crippen LogP contribution in [0.1, 0.15) is 31.9 Å². The van der Waals surface area contributed by atoms with Crippen LogP contribution >= 0.6 is 15.9 Å². The summed E-state index contributed by atoms with van der Waals surface area (Å²) in [5.41, 5.74) is 1.15. The number of hydrogen-bond acceptors (Lipinski definition) is 2. The smallest absolute Gasteiger partial charge is 0.224 e. The zero-order valence-corrected chi connectivity index (χ0v) is 12.3. The van der Waals surface area contributed by atoms with Crippen LogP contribution in [0.4, 0.5) is 0 Å². The molecule has 2 rings (SSSR count). The van der Waals surface area contributed by atoms with E-state index in [0.29, 0.717) is 13.0 Å². The van der Waals surface area contributed by atoms with Gasteiger partial charge in [0.25, 0.3) is 0 Å². The highest BCUT2D eigenvalue weighted by molar-refractivity contribution is 9.09. The monoisotopic (exact) mass is 311 g/mol. The number of nitrogens with zero attached hydrogens (tertiary/aromatic N) is 1. The van der Waals surface area contributed by atoms with Crippen LogP contribution in [0.15, 0.2) is 24.3 Å². The molecule has 2 atom stereocenters. The highest BCUT2D eigenvalue weighted by atomic mass is 79.9. The first-order valence-electron chi connectivity index (χ1n) is 6.28. The number of rotatable bonds is 4. The summed E-state index contributed by atoms with van der Waals surface area (Å²) in [4.78, 5) is 14.1. The summed E-state index contributed by atoms with van der Waals surface area (Å²) in [5.74, 6) is 1.10. The number of carbonyl (C=O) groups is 1. The van der Waals surface area contributed by atoms with Crippen molar-refractivity contribution in [1.29, 1.82) is 0 Å². The number of benzene rings is 1. The molecule has 0 aromatic heterocycles. The number of likely N-dealkylation sites (tertiary alicyclic amines) is 1. The Morgan fingerprint density at radius 2 is 2.11 bits per heavy atom. The van der Waals surface area contributed by atoms with Gasteiger partial charge in [-0.1, -0.05) is 28.1 Å². The van der Waals surface area contributed by atoms with Gasteiger partial charge in [-0.15, -0.1) is 0 Å². The van der Waals surface area contributed by atoms with Crippen LogP contribution in [0.3, 0.4) is 0 Å². The molecule has 0 N–H and O–H groups in total. The van der Waals surface area contributed by atoms with Crippen molar-refractivity contribution in [1.82, 2.24) is 4.90 Å². The van der Waals surface area contributed by atoms with E-state index in [2.05, 4.69) is 22.9 Å². The Bertz CT molecular complexity index is 418. The number of halogens is 1. The van der Waals surface area contributed by atoms with Gasteiger partial charge in [0.1, 0.15) is 5.75 Å². The predicted molar refractivity (Wildman–Crippen MR) is 75.1 cm³/mol. The lowest BCUT2D eigenvalue weighted by molar-refractivity contribution is -0.129. The Morgan fingerprint density at radius 1 is 1.44 bits per heavy atom. The maximum atomic E-state index is 11.8. The molecule has 0 spiro atoms. The maximum Gasteiger partial charge on any atom is 0.224 e. The number of hydrogen-bond donors (Lipinski definition) is 0. The normalized spacial score (nSPS) is 21.2. The molecule has 1 fully saturated rings. The lowest BCUT2D eigenvalue weighted by atomic mass is 10.1. The first-order chi connectivity index (χ1) is 8.61. The maximum absolute atomic E-state index is 11.8. The summed E-state index contributed by atoms with van der Waals surface area (Å²) < 4.78 is 5.42. The Hall–Kier alpha value is -1.03. The Kier molecular flexibility index (Phi) is 4.27. The van der Waals surface area contributed by atoms with Crippen molar-refractivity contribution < 1.29 is 9.53 Å². The summed E-state index contributed by atoms with van der Waals surface area (Å²) in [6.45, 7) is 5.49. The van der Waals surface area contributed by atoms with Crippen molar-refractivity contribution in [3.63, 3.8) is 0 Å². The van der Waals surface area contributed by atoms with E-state index in [1.54, 1.807) is 0 Å². The van der Waals surface area contributed by atoms with Crippen molar-refractivity contribution in [3.05, 3.63) is 29.8 Å². The molecule has 1 aromatic carbocycles. The van der Waals surface area contributed by atoms with Crippen LogP contribution in [0, 0.1) is 0 Å². The fourth-order valence-electron chi connectivity index (χ4n) is 2.25. The van der Waals surface area contributed by atoms with Gasteiger partial charge in [0.15, 0.2) is 0 Å². The van der Waals surface area contributed by atoms with Crippen molar-refractivity contribution in [2.75, 3.05) is 13.2 Å². The number of carbonyl (C=O) groups excluding carboxylic acids is 1. The van der Waals surface area contributed by atoms with Gasteiger partial charge in [0.05, 0.1) is 12.6 Å². The molecule has 98 valence electrons. The van der Waals surface area contributed by atoms with Crippen LogP contribution < -0.4 is 4.74 Å². The molecule has 0 radical (unpaired) electrons. The zero-order chi connectivity index (χ0) is 13.1. The van der Waals surface area contributed by atoms with Gasteiger partial charge < -0.3 is 9.64 Å². The summed E-state index contributed by atoms with van der Waals surface area (Å²) in [7, 11) is 0. The van der Waals surface area contributed by atoms with Crippen molar-refractivity contribution in [3.8, 4) is 5.75 Å². The highest BCUT2D eigenvalue weighted by Gasteiger charge is 2.31. The average Bonchev–Trinajstić information content (AvgIpc) is 2.69. The van der Waals surface area contributed by atoms with Gasteiger partial charge in [0.2, 0.25) is 5.91 Å². The Labute approximate surface area is 116 Å². The van der Waals surface area contributed by atoms with E-state index in [9.17, 15) is 4.79 Å². The minimum Gasteiger partial charge on any atom is -0.494 e. The molecule has 0 bridgehead atoms. The standard InChI is InChI=1S/C14H18BrNO2/c1-3-18-13-6-4-11(5-7-13)10(2)16-9-12(15)8-14(16)17/h4-7,10,12H,3,8-9H2,1-2H3. The average molecular weight is 312 g/mol. The van der Waals surface area contributed by atoms with Crippen LogP contribution in [0.2, 0.25) is 0 Å². The molecule has 1 aliphatic rings. The van der Waals surface area contributed by atoms with Crippen molar-refractivity contribution >= 4 is 21.8 Å². The van der Waals surface area contributed by atoms with Gasteiger partial charge >= 0.3 is 0 Å². The summed E-state index contributed by atoms with van der Waals surface area (Å²) in [6, 6.07) is 8.11. The molecule has 18 heavy (non-hydrogen) atoms. The lowest BCUT2D eigenvalue weighted by Gasteiger charge is -2.25. The molecule has 1 aromatic rings. The third kappa shape index (κ3) is 2.86. The summed E-state index contributed by atoms with van der Waals surface area (Å²) in [6.07, 6.45) is 0.599. The minimum atomic E-state index is 0.121. The van der Waals surface area contributed by atoms with Crippen LogP contribution in [-0.2, 0) is 4.79 Å². The molecular weight excluding hydrogens is 294 g/mol. The second-order valence-corrected chi connectivity index (χ2v) is 5.82. The second kappa shape index (κ2) is 5.74. The fraction of sp³-hybridized carbons (Fsp3) is 0.500. The minimum absolute atomic E-state index is 0.121. The van der Waals surface area contributed by atoms with E-state index >= 15 is 0 Å². The van der Waals surface area contributed by atoms with Crippen molar-refractivity contribution in [2.45, 2.75) is 31.1 Å². The molecule has 0 aliphatic carbocycles. The van der Waals surface area contributed by atoms with Crippen molar-refractivity contribution in [2.24, 2.45) is 0 Å². The van der Waals surface area contributed by atoms with Gasteiger partial charge in [-0.05, 0) is 31.5 Å². The molecule has 1 amide bonds. The molecule has 1 heterocycles. The molecule has 2 unspecified atom stereocenters. The number of amides is 1. The summed E-state index contributed by atoms with van der Waals surface area (Å²) in [5, 5.41) is 0. The van der Waals surface area contributed by atoms with Gasteiger partial charge in [-0.3, -0.25) is 4.79 Å². The van der Waals surface area contributed by atoms with E-state index < -0.39 is 0 Å². The van der Waals surface area contributed by atoms with Gasteiger partial charge in [-0.25, -0.2) is 0 Å². The fourth-order valence-corrected chi connectivity index (χ4v) is 2.84.